The number of hydrogen-bond acceptors (Lipinski definition) is 10. The van der Waals surface area contributed by atoms with Crippen LogP contribution in [0.4, 0.5) is 14.7 Å². The number of nitrogens with two attached hydrogens (primary N) is 1. The van der Waals surface area contributed by atoms with Gasteiger partial charge in [-0.25, -0.2) is 14.6 Å². The maximum atomic E-state index is 14.3. The molecule has 0 bridgehead atoms. The van der Waals surface area contributed by atoms with Crippen molar-refractivity contribution in [3.05, 3.63) is 53.6 Å². The molecule has 3 aromatic rings. The minimum absolute atomic E-state index is 0.0322. The molecule has 3 heterocycles. The number of fused-ring (bicyclic) bond motifs is 2. The molecule has 5 rings (SSSR count). The van der Waals surface area contributed by atoms with Crippen molar-refractivity contribution in [1.29, 1.82) is 0 Å². The summed E-state index contributed by atoms with van der Waals surface area (Å²) < 4.78 is 6.35. The molecule has 15 heteroatoms. The SMILES string of the molecule is CCCCNC(=O)N(C(C)C)N1CC(=O)N2[C@@H](Cc3ccc(OC(=O)NCCN(C)C)cc3)C(=O)N(Cc3cccc4sc(N)nc34)C[C@@H]21. The van der Waals surface area contributed by atoms with Crippen molar-refractivity contribution in [1.82, 2.24) is 40.3 Å². The second-order valence-corrected chi connectivity index (χ2v) is 14.0. The number of nitrogens with zero attached hydrogens (tertiary/aromatic N) is 6. The molecular formula is C34H47N9O5S. The molecule has 1 aromatic heterocycles. The van der Waals surface area contributed by atoms with Gasteiger partial charge in [0.15, 0.2) is 5.13 Å². The lowest BCUT2D eigenvalue weighted by molar-refractivity contribution is -0.158. The number of nitrogens with one attached hydrogen (secondary N) is 2. The Labute approximate surface area is 291 Å². The number of unbranched alkanes of at least 4 members (excludes halogenated alkanes) is 1. The second-order valence-electron chi connectivity index (χ2n) is 12.9. The molecule has 0 radical (unpaired) electrons. The highest BCUT2D eigenvalue weighted by molar-refractivity contribution is 7.22. The van der Waals surface area contributed by atoms with Crippen LogP contribution in [-0.2, 0) is 22.6 Å². The van der Waals surface area contributed by atoms with E-state index in [-0.39, 0.29) is 49.9 Å². The van der Waals surface area contributed by atoms with Gasteiger partial charge in [-0.3, -0.25) is 14.6 Å². The van der Waals surface area contributed by atoms with Crippen molar-refractivity contribution in [2.75, 3.05) is 52.6 Å². The molecule has 0 unspecified atom stereocenters. The fraction of sp³-hybridized carbons (Fsp3) is 0.500. The number of nitrogen functional groups attached to an aromatic ring is 1. The summed E-state index contributed by atoms with van der Waals surface area (Å²) >= 11 is 1.39. The zero-order valence-electron chi connectivity index (χ0n) is 28.8. The van der Waals surface area contributed by atoms with Crippen LogP contribution >= 0.6 is 11.3 Å². The van der Waals surface area contributed by atoms with E-state index in [9.17, 15) is 19.2 Å². The van der Waals surface area contributed by atoms with Gasteiger partial charge in [0.05, 0.1) is 23.3 Å². The van der Waals surface area contributed by atoms with Crippen molar-refractivity contribution < 1.29 is 23.9 Å². The van der Waals surface area contributed by atoms with Crippen molar-refractivity contribution in [2.24, 2.45) is 0 Å². The van der Waals surface area contributed by atoms with E-state index >= 15 is 0 Å². The highest BCUT2D eigenvalue weighted by atomic mass is 32.1. The minimum Gasteiger partial charge on any atom is -0.410 e. The summed E-state index contributed by atoms with van der Waals surface area (Å²) in [7, 11) is 3.83. The van der Waals surface area contributed by atoms with Crippen LogP contribution in [-0.4, -0.2) is 119 Å². The fourth-order valence-electron chi connectivity index (χ4n) is 6.26. The standard InChI is InChI=1S/C34H47N9O5S/c1-6-7-15-36-33(46)43(22(2)3)41-21-29(44)42-26(18-23-11-13-25(14-12-23)48-34(47)37-16-17-39(4)5)31(45)40(20-28(41)42)19-24-9-8-10-27-30(24)38-32(35)49-27/h8-14,22,26,28H,6-7,15-21H2,1-5H3,(H2,35,38)(H,36,46)(H,37,47)/t26-,28+/m0/s1. The van der Waals surface area contributed by atoms with Crippen LogP contribution < -0.4 is 21.1 Å². The van der Waals surface area contributed by atoms with Gasteiger partial charge in [-0.2, -0.15) is 5.01 Å². The first-order chi connectivity index (χ1) is 23.5. The third-order valence-electron chi connectivity index (χ3n) is 8.62. The summed E-state index contributed by atoms with van der Waals surface area (Å²) in [4.78, 5) is 63.7. The Hall–Kier alpha value is -4.47. The van der Waals surface area contributed by atoms with Crippen LogP contribution in [0.25, 0.3) is 10.2 Å². The number of carbonyl (C=O) groups is 4. The van der Waals surface area contributed by atoms with Crippen LogP contribution in [0.5, 0.6) is 5.75 Å². The predicted molar refractivity (Wildman–Crippen MR) is 189 cm³/mol. The number of anilines is 1. The number of hydrazine groups is 1. The first-order valence-electron chi connectivity index (χ1n) is 16.7. The Morgan fingerprint density at radius 1 is 1.10 bits per heavy atom. The lowest BCUT2D eigenvalue weighted by atomic mass is 9.99. The number of likely N-dealkylation sites (N-methyl/N-ethyl adjacent to an activating group) is 1. The van der Waals surface area contributed by atoms with Crippen molar-refractivity contribution in [2.45, 2.75) is 64.8 Å². The molecule has 5 amide bonds. The van der Waals surface area contributed by atoms with Crippen molar-refractivity contribution >= 4 is 50.6 Å². The largest absolute Gasteiger partial charge is 0.412 e. The highest BCUT2D eigenvalue weighted by Gasteiger charge is 2.52. The zero-order valence-corrected chi connectivity index (χ0v) is 29.7. The van der Waals surface area contributed by atoms with Gasteiger partial charge in [-0.05, 0) is 63.7 Å². The van der Waals surface area contributed by atoms with Gasteiger partial charge in [-0.1, -0.05) is 48.9 Å². The Morgan fingerprint density at radius 2 is 1.86 bits per heavy atom. The number of thiazole rings is 1. The van der Waals surface area contributed by atoms with E-state index < -0.39 is 18.3 Å². The van der Waals surface area contributed by atoms with E-state index in [0.29, 0.717) is 30.5 Å². The molecular weight excluding hydrogens is 646 g/mol. The number of benzene rings is 2. The molecule has 264 valence electrons. The summed E-state index contributed by atoms with van der Waals surface area (Å²) in [5.74, 6) is -0.0595. The monoisotopic (exact) mass is 693 g/mol. The Morgan fingerprint density at radius 3 is 2.55 bits per heavy atom. The lowest BCUT2D eigenvalue weighted by Gasteiger charge is -2.47. The summed E-state index contributed by atoms with van der Waals surface area (Å²) in [6, 6.07) is 11.4. The number of aromatic nitrogens is 1. The van der Waals surface area contributed by atoms with Gasteiger partial charge < -0.3 is 35.8 Å². The zero-order chi connectivity index (χ0) is 35.2. The lowest BCUT2D eigenvalue weighted by Crippen LogP contribution is -2.66. The number of ether oxygens (including phenoxy) is 1. The van der Waals surface area contributed by atoms with Gasteiger partial charge in [-0.15, -0.1) is 0 Å². The molecule has 0 spiro atoms. The molecule has 0 aliphatic carbocycles. The summed E-state index contributed by atoms with van der Waals surface area (Å²) in [6.07, 6.45) is 0.896. The number of amides is 5. The molecule has 2 atom stereocenters. The predicted octanol–water partition coefficient (Wildman–Crippen LogP) is 3.09. The molecule has 14 nitrogen and oxygen atoms in total. The van der Waals surface area contributed by atoms with Crippen molar-refractivity contribution in [3.63, 3.8) is 0 Å². The number of para-hydroxylation sites is 1. The van der Waals surface area contributed by atoms with Gasteiger partial charge >= 0.3 is 12.1 Å². The highest BCUT2D eigenvalue weighted by Crippen LogP contribution is 2.33. The topological polar surface area (TPSA) is 157 Å². The van der Waals surface area contributed by atoms with E-state index in [1.165, 1.54) is 11.3 Å². The van der Waals surface area contributed by atoms with Crippen molar-refractivity contribution in [3.8, 4) is 5.75 Å². The average Bonchev–Trinajstić information content (AvgIpc) is 3.58. The van der Waals surface area contributed by atoms with Gasteiger partial charge in [0.1, 0.15) is 18.0 Å². The fourth-order valence-corrected chi connectivity index (χ4v) is 7.04. The normalized spacial score (nSPS) is 18.0. The third kappa shape index (κ3) is 8.40. The Balaban J connectivity index is 1.41. The first-order valence-corrected chi connectivity index (χ1v) is 17.5. The molecule has 2 aliphatic heterocycles. The van der Waals surface area contributed by atoms with Crippen LogP contribution in [0.3, 0.4) is 0 Å². The number of carbonyl (C=O) groups excluding carboxylic acids is 4. The maximum absolute atomic E-state index is 14.3. The molecule has 4 N–H and O–H groups in total. The van der Waals surface area contributed by atoms with Crippen LogP contribution in [0, 0.1) is 0 Å². The van der Waals surface area contributed by atoms with Crippen LogP contribution in [0.1, 0.15) is 44.7 Å². The van der Waals surface area contributed by atoms with Gasteiger partial charge in [0, 0.05) is 38.6 Å². The number of hydrogen-bond donors (Lipinski definition) is 3. The average molecular weight is 694 g/mol. The van der Waals surface area contributed by atoms with Crippen LogP contribution in [0.2, 0.25) is 0 Å². The number of rotatable bonds is 13. The first kappa shape index (κ1) is 35.8. The summed E-state index contributed by atoms with van der Waals surface area (Å²) in [5, 5.41) is 9.57. The van der Waals surface area contributed by atoms with E-state index in [0.717, 1.165) is 34.2 Å². The van der Waals surface area contributed by atoms with E-state index in [1.807, 2.05) is 51.0 Å². The molecule has 0 saturated carbocycles. The number of urea groups is 1. The molecule has 2 saturated heterocycles. The molecule has 2 aliphatic rings. The Bertz CT molecular complexity index is 1650. The summed E-state index contributed by atoms with van der Waals surface area (Å²) in [6.45, 7) is 7.98. The summed E-state index contributed by atoms with van der Waals surface area (Å²) in [5.41, 5.74) is 8.42. The van der Waals surface area contributed by atoms with E-state index in [2.05, 4.69) is 22.5 Å². The second kappa shape index (κ2) is 15.8. The Kier molecular flexibility index (Phi) is 11.6. The van der Waals surface area contributed by atoms with Gasteiger partial charge in [0.2, 0.25) is 11.8 Å². The quantitative estimate of drug-likeness (QED) is 0.229. The minimum atomic E-state index is -0.825. The van der Waals surface area contributed by atoms with Gasteiger partial charge in [0.25, 0.3) is 0 Å². The van der Waals surface area contributed by atoms with E-state index in [1.54, 1.807) is 44.1 Å². The molecule has 2 aromatic carbocycles. The van der Waals surface area contributed by atoms with Crippen LogP contribution in [0.15, 0.2) is 42.5 Å². The maximum Gasteiger partial charge on any atom is 0.412 e. The smallest absolute Gasteiger partial charge is 0.410 e. The molecule has 2 fully saturated rings. The molecule has 49 heavy (non-hydrogen) atoms. The van der Waals surface area contributed by atoms with E-state index in [4.69, 9.17) is 10.5 Å². The third-order valence-corrected chi connectivity index (χ3v) is 9.47. The number of piperazine rings is 1.